The maximum Gasteiger partial charge on any atom is 0.163 e. The molecule has 6 nitrogen and oxygen atoms in total. The summed E-state index contributed by atoms with van der Waals surface area (Å²) in [7, 11) is 0. The summed E-state index contributed by atoms with van der Waals surface area (Å²) in [4.78, 5) is 0. The van der Waals surface area contributed by atoms with E-state index in [1.807, 2.05) is 0 Å². The topological polar surface area (TPSA) is 55.4 Å². The predicted molar refractivity (Wildman–Crippen MR) is 241 cm³/mol. The zero-order valence-corrected chi connectivity index (χ0v) is 36.4. The fraction of sp³-hybridized carbons (Fsp3) is 0.608. The number of unbranched alkanes of at least 4 members (excludes halogenated alkanes) is 15. The van der Waals surface area contributed by atoms with Crippen molar-refractivity contribution in [2.24, 2.45) is 0 Å². The van der Waals surface area contributed by atoms with E-state index in [9.17, 15) is 0 Å². The van der Waals surface area contributed by atoms with E-state index >= 15 is 0 Å². The summed E-state index contributed by atoms with van der Waals surface area (Å²) in [6.45, 7) is 14.5. The van der Waals surface area contributed by atoms with Crippen LogP contribution in [0.4, 0.5) is 0 Å². The molecule has 0 aliphatic rings. The molecule has 0 radical (unpaired) electrons. The molecule has 0 bridgehead atoms. The molecule has 0 saturated heterocycles. The van der Waals surface area contributed by atoms with E-state index in [0.29, 0.717) is 44.5 Å². The molecule has 0 atom stereocenters. The van der Waals surface area contributed by atoms with Gasteiger partial charge in [-0.3, -0.25) is 0 Å². The summed E-state index contributed by atoms with van der Waals surface area (Å²) in [5.41, 5.74) is 0. The fourth-order valence-corrected chi connectivity index (χ4v) is 7.37. The monoisotopic (exact) mass is 783 g/mol. The lowest BCUT2D eigenvalue weighted by atomic mass is 9.93. The van der Waals surface area contributed by atoms with Gasteiger partial charge >= 0.3 is 0 Å². The molecule has 0 fully saturated rings. The number of fused-ring (bicyclic) bond motifs is 6. The van der Waals surface area contributed by atoms with Crippen LogP contribution in [-0.2, 0) is 0 Å². The van der Waals surface area contributed by atoms with Gasteiger partial charge in [-0.1, -0.05) is 137 Å². The molecule has 0 aliphatic heterocycles. The Morgan fingerprint density at radius 2 is 0.526 bits per heavy atom. The van der Waals surface area contributed by atoms with E-state index in [4.69, 9.17) is 34.8 Å². The van der Waals surface area contributed by atoms with Gasteiger partial charge in [0.2, 0.25) is 0 Å². The zero-order valence-electron chi connectivity index (χ0n) is 36.4. The molecule has 57 heavy (non-hydrogen) atoms. The summed E-state index contributed by atoms with van der Waals surface area (Å²) in [5.74, 6) is 7.13. The Labute approximate surface area is 345 Å². The fourth-order valence-electron chi connectivity index (χ4n) is 7.37. The van der Waals surface area contributed by atoms with Crippen LogP contribution >= 0.6 is 0 Å². The summed E-state index contributed by atoms with van der Waals surface area (Å²) in [6.07, 6.45) is 28.4. The van der Waals surface area contributed by atoms with Crippen LogP contribution in [0.15, 0.2) is 36.4 Å². The molecule has 0 heterocycles. The van der Waals surface area contributed by atoms with Gasteiger partial charge in [-0.2, -0.15) is 0 Å². The molecule has 0 N–H and O–H groups in total. The van der Waals surface area contributed by atoms with E-state index in [2.05, 4.69) is 76.9 Å². The van der Waals surface area contributed by atoms with Crippen molar-refractivity contribution in [2.45, 2.75) is 163 Å². The average Bonchev–Trinajstić information content (AvgIpc) is 3.22. The number of terminal acetylenes is 1. The van der Waals surface area contributed by atoms with E-state index in [0.717, 1.165) is 120 Å². The maximum absolute atomic E-state index is 6.60. The molecular weight excluding hydrogens is 709 g/mol. The normalized spacial score (nSPS) is 11.3. The molecule has 0 aliphatic carbocycles. The van der Waals surface area contributed by atoms with Gasteiger partial charge in [0.25, 0.3) is 0 Å². The SMILES string of the molecule is C#CCOc1cc2c(cc1OCCCCCC)c1cc(OCCCCCC)c(OCCCCCC)cc1c1cc(OCCCCCC)c(OCCCCCC)cc21. The van der Waals surface area contributed by atoms with Gasteiger partial charge < -0.3 is 28.4 Å². The Morgan fingerprint density at radius 3 is 0.719 bits per heavy atom. The minimum Gasteiger partial charge on any atom is -0.490 e. The lowest BCUT2D eigenvalue weighted by Crippen LogP contribution is -2.05. The van der Waals surface area contributed by atoms with E-state index in [1.165, 1.54) is 64.2 Å². The Morgan fingerprint density at radius 1 is 0.316 bits per heavy atom. The van der Waals surface area contributed by atoms with Crippen molar-refractivity contribution in [3.05, 3.63) is 36.4 Å². The van der Waals surface area contributed by atoms with Gasteiger partial charge in [0.05, 0.1) is 33.0 Å². The molecule has 4 rings (SSSR count). The molecule has 0 spiro atoms. The van der Waals surface area contributed by atoms with Crippen LogP contribution in [-0.4, -0.2) is 39.6 Å². The Balaban J connectivity index is 1.95. The van der Waals surface area contributed by atoms with Gasteiger partial charge in [0.15, 0.2) is 34.5 Å². The number of benzene rings is 4. The van der Waals surface area contributed by atoms with Gasteiger partial charge in [0.1, 0.15) is 6.61 Å². The van der Waals surface area contributed by atoms with Gasteiger partial charge in [-0.25, -0.2) is 0 Å². The number of hydrogen-bond donors (Lipinski definition) is 0. The molecule has 0 aromatic heterocycles. The number of hydrogen-bond acceptors (Lipinski definition) is 6. The second-order valence-electron chi connectivity index (χ2n) is 15.6. The third kappa shape index (κ3) is 14.4. The predicted octanol–water partition coefficient (Wildman–Crippen LogP) is 15.0. The first kappa shape index (κ1) is 45.7. The van der Waals surface area contributed by atoms with Gasteiger partial charge in [-0.15, -0.1) is 6.42 Å². The molecule has 0 saturated carbocycles. The Bertz CT molecular complexity index is 1740. The first-order chi connectivity index (χ1) is 28.1. The maximum atomic E-state index is 6.60. The van der Waals surface area contributed by atoms with E-state index in [1.54, 1.807) is 0 Å². The first-order valence-corrected chi connectivity index (χ1v) is 22.8. The van der Waals surface area contributed by atoms with Crippen LogP contribution in [0.2, 0.25) is 0 Å². The van der Waals surface area contributed by atoms with Crippen LogP contribution in [0.1, 0.15) is 163 Å². The summed E-state index contributed by atoms with van der Waals surface area (Å²) in [6, 6.07) is 13.0. The van der Waals surface area contributed by atoms with Crippen molar-refractivity contribution in [2.75, 3.05) is 39.6 Å². The lowest BCUT2D eigenvalue weighted by molar-refractivity contribution is 0.259. The quantitative estimate of drug-likeness (QED) is 0.0279. The van der Waals surface area contributed by atoms with Crippen molar-refractivity contribution in [3.8, 4) is 46.8 Å². The third-order valence-corrected chi connectivity index (χ3v) is 10.7. The standard InChI is InChI=1S/C51H74O6/c1-7-13-18-23-29-53-47-35-41-40(34-46(47)52-28-12-6)42-36-48(54-30-24-19-14-8-2)50(56-32-26-21-16-10-4)38-44(42)45-39-51(57-33-27-22-17-11-5)49(37-43(41)45)55-31-25-20-15-9-3/h6,34-39H,7-11,13-33H2,1-5H3. The summed E-state index contributed by atoms with van der Waals surface area (Å²) in [5, 5.41) is 6.37. The average molecular weight is 783 g/mol. The van der Waals surface area contributed by atoms with Crippen LogP contribution in [0.25, 0.3) is 32.3 Å². The summed E-state index contributed by atoms with van der Waals surface area (Å²) < 4.78 is 39.1. The van der Waals surface area contributed by atoms with Crippen molar-refractivity contribution >= 4 is 32.3 Å². The molecule has 4 aromatic carbocycles. The first-order valence-electron chi connectivity index (χ1n) is 22.8. The number of rotatable bonds is 32. The highest BCUT2D eigenvalue weighted by Gasteiger charge is 2.20. The van der Waals surface area contributed by atoms with Crippen LogP contribution in [0, 0.1) is 12.3 Å². The van der Waals surface area contributed by atoms with Crippen LogP contribution < -0.4 is 28.4 Å². The smallest absolute Gasteiger partial charge is 0.163 e. The Kier molecular flexibility index (Phi) is 21.5. The molecule has 6 heteroatoms. The molecule has 0 unspecified atom stereocenters. The highest BCUT2D eigenvalue weighted by molar-refractivity contribution is 6.26. The highest BCUT2D eigenvalue weighted by atomic mass is 16.5. The highest BCUT2D eigenvalue weighted by Crippen LogP contribution is 2.47. The van der Waals surface area contributed by atoms with Crippen molar-refractivity contribution in [1.82, 2.24) is 0 Å². The summed E-state index contributed by atoms with van der Waals surface area (Å²) >= 11 is 0. The lowest BCUT2D eigenvalue weighted by Gasteiger charge is -2.20. The molecule has 4 aromatic rings. The zero-order chi connectivity index (χ0) is 40.5. The van der Waals surface area contributed by atoms with E-state index in [-0.39, 0.29) is 6.61 Å². The minimum absolute atomic E-state index is 0.153. The molecule has 0 amide bonds. The van der Waals surface area contributed by atoms with Crippen molar-refractivity contribution in [3.63, 3.8) is 0 Å². The van der Waals surface area contributed by atoms with Gasteiger partial charge in [0, 0.05) is 0 Å². The third-order valence-electron chi connectivity index (χ3n) is 10.7. The minimum atomic E-state index is 0.153. The second kappa shape index (κ2) is 26.8. The number of ether oxygens (including phenoxy) is 6. The Hall–Kier alpha value is -3.98. The molecular formula is C51H74O6. The van der Waals surface area contributed by atoms with Crippen molar-refractivity contribution < 1.29 is 28.4 Å². The van der Waals surface area contributed by atoms with Crippen molar-refractivity contribution in [1.29, 1.82) is 0 Å². The van der Waals surface area contributed by atoms with Crippen LogP contribution in [0.3, 0.4) is 0 Å². The second-order valence-corrected chi connectivity index (χ2v) is 15.6. The van der Waals surface area contributed by atoms with E-state index < -0.39 is 0 Å². The van der Waals surface area contributed by atoms with Gasteiger partial charge in [-0.05, 0) is 101 Å². The van der Waals surface area contributed by atoms with Crippen LogP contribution in [0.5, 0.6) is 34.5 Å². The molecule has 314 valence electrons. The largest absolute Gasteiger partial charge is 0.490 e.